The zero-order valence-corrected chi connectivity index (χ0v) is 20.4. The van der Waals surface area contributed by atoms with E-state index in [4.69, 9.17) is 5.73 Å². The summed E-state index contributed by atoms with van der Waals surface area (Å²) in [6.45, 7) is -7.89. The average Bonchev–Trinajstić information content (AvgIpc) is 3.27. The number of benzene rings is 2. The lowest BCUT2D eigenvalue weighted by Gasteiger charge is -2.35. The first-order chi connectivity index (χ1) is 18.8. The van der Waals surface area contributed by atoms with Crippen molar-refractivity contribution < 1.29 is 50.9 Å². The fourth-order valence-corrected chi connectivity index (χ4v) is 3.59. The predicted molar refractivity (Wildman–Crippen MR) is 127 cm³/mol. The van der Waals surface area contributed by atoms with Crippen molar-refractivity contribution in [3.05, 3.63) is 71.7 Å². The molecule has 1 heterocycles. The van der Waals surface area contributed by atoms with Crippen LogP contribution in [0.25, 0.3) is 5.69 Å². The Balaban J connectivity index is 1.83. The molecule has 0 aliphatic heterocycles. The number of hydrogen-bond acceptors (Lipinski definition) is 7. The van der Waals surface area contributed by atoms with Crippen LogP contribution in [0, 0.1) is 5.82 Å². The molecule has 0 saturated heterocycles. The van der Waals surface area contributed by atoms with Crippen LogP contribution in [0.5, 0.6) is 5.75 Å². The smallest absolute Gasteiger partial charge is 0.420 e. The van der Waals surface area contributed by atoms with Crippen molar-refractivity contribution >= 4 is 17.6 Å². The minimum Gasteiger partial charge on any atom is -0.434 e. The first-order valence-electron chi connectivity index (χ1n) is 11.4. The lowest BCUT2D eigenvalue weighted by Crippen LogP contribution is -2.60. The first-order valence-corrected chi connectivity index (χ1v) is 11.4. The molecule has 216 valence electrons. The maximum Gasteiger partial charge on any atom is 0.420 e. The number of nitrogens with one attached hydrogen (secondary N) is 1. The normalized spacial score (nSPS) is 13.1. The van der Waals surface area contributed by atoms with E-state index >= 15 is 0 Å². The second-order valence-electron chi connectivity index (χ2n) is 8.37. The molecule has 0 radical (unpaired) electrons. The average molecular weight is 575 g/mol. The summed E-state index contributed by atoms with van der Waals surface area (Å²) in [4.78, 5) is 26.0. The van der Waals surface area contributed by atoms with Crippen molar-refractivity contribution in [1.29, 1.82) is 0 Å². The van der Waals surface area contributed by atoms with E-state index in [1.165, 1.54) is 24.3 Å². The number of carbonyl (C=O) groups excluding carboxylic acids is 2. The van der Waals surface area contributed by atoms with E-state index in [1.807, 2.05) is 5.32 Å². The number of halogens is 6. The standard InChI is InChI=1S/C24H23F6N5O5/c25-14-5-7-15(8-6-14)35-19(31)17(11-33-35)20(37)32-12-23(39,24(28,29)30)13-34(9-10-36)21(38)16-3-1-2-4-18(16)40-22(26)27/h1-8,11,22,36,39H,9-10,12-13,31H2,(H,32,37). The Kier molecular flexibility index (Phi) is 9.26. The molecule has 2 aromatic carbocycles. The molecule has 0 bridgehead atoms. The molecule has 2 amide bonds. The van der Waals surface area contributed by atoms with Crippen molar-refractivity contribution in [2.45, 2.75) is 18.4 Å². The van der Waals surface area contributed by atoms with Gasteiger partial charge in [0.2, 0.25) is 0 Å². The maximum absolute atomic E-state index is 14.0. The summed E-state index contributed by atoms with van der Waals surface area (Å²) in [5, 5.41) is 25.7. The van der Waals surface area contributed by atoms with E-state index in [9.17, 15) is 46.1 Å². The Morgan fingerprint density at radius 2 is 1.75 bits per heavy atom. The van der Waals surface area contributed by atoms with E-state index in [0.29, 0.717) is 4.90 Å². The molecular weight excluding hydrogens is 552 g/mol. The molecular formula is C24H23F6N5O5. The number of alkyl halides is 5. The van der Waals surface area contributed by atoms with E-state index in [-0.39, 0.29) is 17.1 Å². The minimum absolute atomic E-state index is 0.249. The van der Waals surface area contributed by atoms with Crippen LogP contribution >= 0.6 is 0 Å². The Morgan fingerprint density at radius 1 is 1.10 bits per heavy atom. The van der Waals surface area contributed by atoms with Crippen LogP contribution in [-0.2, 0) is 0 Å². The number of ether oxygens (including phenoxy) is 1. The third-order valence-corrected chi connectivity index (χ3v) is 5.63. The van der Waals surface area contributed by atoms with Crippen molar-refractivity contribution in [3.8, 4) is 11.4 Å². The Morgan fingerprint density at radius 3 is 2.35 bits per heavy atom. The number of aromatic nitrogens is 2. The van der Waals surface area contributed by atoms with Gasteiger partial charge in [0.15, 0.2) is 5.60 Å². The van der Waals surface area contributed by atoms with E-state index in [0.717, 1.165) is 35.1 Å². The topological polar surface area (TPSA) is 143 Å². The number of rotatable bonds is 11. The molecule has 0 fully saturated rings. The van der Waals surface area contributed by atoms with Gasteiger partial charge in [0.05, 0.1) is 37.1 Å². The molecule has 0 aliphatic rings. The van der Waals surface area contributed by atoms with Gasteiger partial charge in [-0.2, -0.15) is 27.1 Å². The molecule has 10 nitrogen and oxygen atoms in total. The quantitative estimate of drug-likeness (QED) is 0.257. The number of anilines is 1. The third-order valence-electron chi connectivity index (χ3n) is 5.63. The van der Waals surface area contributed by atoms with Crippen molar-refractivity contribution in [2.75, 3.05) is 32.0 Å². The second kappa shape index (κ2) is 12.3. The number of amides is 2. The summed E-state index contributed by atoms with van der Waals surface area (Å²) in [5.74, 6) is -3.92. The number of nitrogens with zero attached hydrogens (tertiary/aromatic N) is 3. The summed E-state index contributed by atoms with van der Waals surface area (Å²) in [6, 6.07) is 9.27. The molecule has 1 aromatic heterocycles. The highest BCUT2D eigenvalue weighted by Gasteiger charge is 2.55. The number of nitrogen functional groups attached to an aromatic ring is 1. The first kappa shape index (κ1) is 30.2. The van der Waals surface area contributed by atoms with Crippen molar-refractivity contribution in [3.63, 3.8) is 0 Å². The van der Waals surface area contributed by atoms with Gasteiger partial charge in [-0.15, -0.1) is 0 Å². The molecule has 0 aliphatic carbocycles. The van der Waals surface area contributed by atoms with Crippen LogP contribution in [-0.4, -0.2) is 81.3 Å². The van der Waals surface area contributed by atoms with Gasteiger partial charge in [-0.25, -0.2) is 9.07 Å². The maximum atomic E-state index is 14.0. The van der Waals surface area contributed by atoms with Crippen LogP contribution in [0.3, 0.4) is 0 Å². The summed E-state index contributed by atoms with van der Waals surface area (Å²) >= 11 is 0. The van der Waals surface area contributed by atoms with Gasteiger partial charge in [-0.05, 0) is 36.4 Å². The van der Waals surface area contributed by atoms with Crippen LogP contribution < -0.4 is 15.8 Å². The largest absolute Gasteiger partial charge is 0.434 e. The number of aliphatic hydroxyl groups is 2. The van der Waals surface area contributed by atoms with Crippen molar-refractivity contribution in [2.24, 2.45) is 0 Å². The molecule has 1 atom stereocenters. The summed E-state index contributed by atoms with van der Waals surface area (Å²) in [6.07, 6.45) is -4.47. The molecule has 0 saturated carbocycles. The monoisotopic (exact) mass is 575 g/mol. The van der Waals surface area contributed by atoms with Crippen molar-refractivity contribution in [1.82, 2.24) is 20.0 Å². The number of hydrogen-bond donors (Lipinski definition) is 4. The number of carbonyl (C=O) groups is 2. The van der Waals surface area contributed by atoms with Gasteiger partial charge in [0, 0.05) is 6.54 Å². The Bertz CT molecular complexity index is 1330. The minimum atomic E-state index is -5.42. The SMILES string of the molecule is Nc1c(C(=O)NCC(O)(CN(CCO)C(=O)c2ccccc2OC(F)F)C(F)(F)F)cnn1-c1ccc(F)cc1. The van der Waals surface area contributed by atoms with Gasteiger partial charge in [0.25, 0.3) is 11.8 Å². The zero-order chi connectivity index (χ0) is 29.7. The summed E-state index contributed by atoms with van der Waals surface area (Å²) < 4.78 is 86.0. The molecule has 16 heteroatoms. The lowest BCUT2D eigenvalue weighted by molar-refractivity contribution is -0.260. The molecule has 40 heavy (non-hydrogen) atoms. The Labute approximate surface area is 222 Å². The van der Waals surface area contributed by atoms with Crippen LogP contribution in [0.2, 0.25) is 0 Å². The third kappa shape index (κ3) is 6.81. The zero-order valence-electron chi connectivity index (χ0n) is 20.4. The Hall–Kier alpha value is -4.31. The van der Waals surface area contributed by atoms with Crippen LogP contribution in [0.4, 0.5) is 32.2 Å². The van der Waals surface area contributed by atoms with Gasteiger partial charge in [0.1, 0.15) is 22.9 Å². The van der Waals surface area contributed by atoms with E-state index in [1.54, 1.807) is 0 Å². The summed E-state index contributed by atoms with van der Waals surface area (Å²) in [7, 11) is 0. The molecule has 5 N–H and O–H groups in total. The molecule has 0 spiro atoms. The molecule has 1 unspecified atom stereocenters. The highest BCUT2D eigenvalue weighted by molar-refractivity contribution is 5.98. The van der Waals surface area contributed by atoms with Crippen LogP contribution in [0.1, 0.15) is 20.7 Å². The fraction of sp³-hybridized carbons (Fsp3) is 0.292. The molecule has 3 rings (SSSR count). The number of aliphatic hydroxyl groups excluding tert-OH is 1. The van der Waals surface area contributed by atoms with E-state index in [2.05, 4.69) is 9.84 Å². The number of nitrogens with two attached hydrogens (primary N) is 1. The van der Waals surface area contributed by atoms with Gasteiger partial charge >= 0.3 is 12.8 Å². The van der Waals surface area contributed by atoms with Gasteiger partial charge in [-0.3, -0.25) is 9.59 Å². The van der Waals surface area contributed by atoms with E-state index < -0.39 is 73.6 Å². The van der Waals surface area contributed by atoms with Crippen LogP contribution in [0.15, 0.2) is 54.7 Å². The predicted octanol–water partition coefficient (Wildman–Crippen LogP) is 2.35. The highest BCUT2D eigenvalue weighted by atomic mass is 19.4. The second-order valence-corrected chi connectivity index (χ2v) is 8.37. The molecule has 3 aromatic rings. The van der Waals surface area contributed by atoms with Gasteiger partial charge < -0.3 is 30.9 Å². The lowest BCUT2D eigenvalue weighted by atomic mass is 10.0. The highest BCUT2D eigenvalue weighted by Crippen LogP contribution is 2.32. The fourth-order valence-electron chi connectivity index (χ4n) is 3.59. The number of para-hydroxylation sites is 1. The van der Waals surface area contributed by atoms with Gasteiger partial charge in [-0.1, -0.05) is 12.1 Å². The summed E-state index contributed by atoms with van der Waals surface area (Å²) in [5.41, 5.74) is 1.46.